The van der Waals surface area contributed by atoms with Gasteiger partial charge in [0.1, 0.15) is 0 Å². The van der Waals surface area contributed by atoms with Crippen LogP contribution in [-0.4, -0.2) is 18.0 Å². The van der Waals surface area contributed by atoms with E-state index in [1.807, 2.05) is 6.92 Å². The van der Waals surface area contributed by atoms with Gasteiger partial charge < -0.3 is 11.1 Å². The standard InChI is InChI=1S/C12H24N2O/c1-4-9(13)11(15)14-10-7-5-6-8-12(10,2)3/h9-10H,4-8,13H2,1-3H3,(H,14,15). The Balaban J connectivity index is 2.52. The van der Waals surface area contributed by atoms with E-state index in [9.17, 15) is 4.79 Å². The van der Waals surface area contributed by atoms with E-state index < -0.39 is 0 Å². The molecule has 0 spiro atoms. The van der Waals surface area contributed by atoms with Crippen LogP contribution in [0.4, 0.5) is 0 Å². The molecule has 1 rings (SSSR count). The van der Waals surface area contributed by atoms with E-state index in [0.717, 1.165) is 6.42 Å². The summed E-state index contributed by atoms with van der Waals surface area (Å²) in [7, 11) is 0. The second kappa shape index (κ2) is 4.97. The van der Waals surface area contributed by atoms with Crippen LogP contribution in [0, 0.1) is 5.41 Å². The van der Waals surface area contributed by atoms with Crippen molar-refractivity contribution in [3.05, 3.63) is 0 Å². The summed E-state index contributed by atoms with van der Waals surface area (Å²) in [6, 6.07) is -0.0425. The molecule has 3 N–H and O–H groups in total. The minimum Gasteiger partial charge on any atom is -0.351 e. The molecule has 0 radical (unpaired) electrons. The fourth-order valence-corrected chi connectivity index (χ4v) is 2.23. The highest BCUT2D eigenvalue weighted by Gasteiger charge is 2.33. The van der Waals surface area contributed by atoms with E-state index in [1.165, 1.54) is 19.3 Å². The third-order valence-corrected chi connectivity index (χ3v) is 3.60. The van der Waals surface area contributed by atoms with Gasteiger partial charge in [-0.1, -0.05) is 33.6 Å². The molecule has 3 nitrogen and oxygen atoms in total. The van der Waals surface area contributed by atoms with E-state index in [4.69, 9.17) is 5.73 Å². The molecule has 2 unspecified atom stereocenters. The Morgan fingerprint density at radius 2 is 2.20 bits per heavy atom. The molecule has 88 valence electrons. The minimum atomic E-state index is -0.345. The van der Waals surface area contributed by atoms with E-state index in [2.05, 4.69) is 19.2 Å². The number of carbonyl (C=O) groups excluding carboxylic acids is 1. The molecule has 1 amide bonds. The van der Waals surface area contributed by atoms with Crippen LogP contribution in [-0.2, 0) is 4.79 Å². The molecule has 0 heterocycles. The summed E-state index contributed by atoms with van der Waals surface area (Å²) in [5.74, 6) is 0.0116. The first-order valence-corrected chi connectivity index (χ1v) is 6.03. The van der Waals surface area contributed by atoms with Gasteiger partial charge in [0.2, 0.25) is 5.91 Å². The summed E-state index contributed by atoms with van der Waals surface area (Å²) in [5.41, 5.74) is 5.93. The van der Waals surface area contributed by atoms with Gasteiger partial charge in [0, 0.05) is 6.04 Å². The number of carbonyl (C=O) groups is 1. The number of rotatable bonds is 3. The Morgan fingerprint density at radius 3 is 2.73 bits per heavy atom. The number of nitrogens with two attached hydrogens (primary N) is 1. The molecule has 0 aromatic heterocycles. The van der Waals surface area contributed by atoms with Gasteiger partial charge in [-0.05, 0) is 24.7 Å². The lowest BCUT2D eigenvalue weighted by molar-refractivity contribution is -0.124. The maximum Gasteiger partial charge on any atom is 0.237 e. The number of nitrogens with one attached hydrogen (secondary N) is 1. The van der Waals surface area contributed by atoms with Gasteiger partial charge in [0.25, 0.3) is 0 Å². The molecule has 2 atom stereocenters. The van der Waals surface area contributed by atoms with E-state index >= 15 is 0 Å². The summed E-state index contributed by atoms with van der Waals surface area (Å²) in [4.78, 5) is 11.7. The molecule has 0 aromatic carbocycles. The van der Waals surface area contributed by atoms with E-state index in [1.54, 1.807) is 0 Å². The lowest BCUT2D eigenvalue weighted by Crippen LogP contribution is -2.51. The first-order chi connectivity index (χ1) is 6.97. The molecule has 0 aromatic rings. The quantitative estimate of drug-likeness (QED) is 0.749. The average molecular weight is 212 g/mol. The topological polar surface area (TPSA) is 55.1 Å². The zero-order chi connectivity index (χ0) is 11.5. The smallest absolute Gasteiger partial charge is 0.237 e. The molecule has 0 aliphatic heterocycles. The fraction of sp³-hybridized carbons (Fsp3) is 0.917. The van der Waals surface area contributed by atoms with Crippen LogP contribution in [0.5, 0.6) is 0 Å². The van der Waals surface area contributed by atoms with Crippen LogP contribution in [0.1, 0.15) is 52.9 Å². The highest BCUT2D eigenvalue weighted by Crippen LogP contribution is 2.35. The van der Waals surface area contributed by atoms with Crippen molar-refractivity contribution in [3.8, 4) is 0 Å². The molecule has 0 saturated heterocycles. The number of amides is 1. The molecule has 0 bridgehead atoms. The molecular formula is C12H24N2O. The van der Waals surface area contributed by atoms with Crippen molar-refractivity contribution in [1.82, 2.24) is 5.32 Å². The summed E-state index contributed by atoms with van der Waals surface area (Å²) in [6.07, 6.45) is 5.49. The van der Waals surface area contributed by atoms with Gasteiger partial charge in [-0.25, -0.2) is 0 Å². The third-order valence-electron chi connectivity index (χ3n) is 3.60. The summed E-state index contributed by atoms with van der Waals surface area (Å²) < 4.78 is 0. The van der Waals surface area contributed by atoms with Crippen LogP contribution in [0.2, 0.25) is 0 Å². The van der Waals surface area contributed by atoms with Crippen molar-refractivity contribution >= 4 is 5.91 Å². The van der Waals surface area contributed by atoms with Crippen molar-refractivity contribution in [3.63, 3.8) is 0 Å². The molecule has 1 aliphatic carbocycles. The van der Waals surface area contributed by atoms with Crippen LogP contribution in [0.15, 0.2) is 0 Å². The van der Waals surface area contributed by atoms with Crippen molar-refractivity contribution in [1.29, 1.82) is 0 Å². The van der Waals surface area contributed by atoms with Gasteiger partial charge in [-0.15, -0.1) is 0 Å². The highest BCUT2D eigenvalue weighted by atomic mass is 16.2. The summed E-state index contributed by atoms with van der Waals surface area (Å²) in [6.45, 7) is 6.40. The number of hydrogen-bond acceptors (Lipinski definition) is 2. The van der Waals surface area contributed by atoms with E-state index in [0.29, 0.717) is 12.5 Å². The highest BCUT2D eigenvalue weighted by molar-refractivity contribution is 5.81. The fourth-order valence-electron chi connectivity index (χ4n) is 2.23. The Hall–Kier alpha value is -0.570. The van der Waals surface area contributed by atoms with Gasteiger partial charge in [-0.3, -0.25) is 4.79 Å². The van der Waals surface area contributed by atoms with Crippen molar-refractivity contribution in [2.24, 2.45) is 11.1 Å². The Morgan fingerprint density at radius 1 is 1.53 bits per heavy atom. The first kappa shape index (κ1) is 12.5. The third kappa shape index (κ3) is 3.20. The zero-order valence-corrected chi connectivity index (χ0v) is 10.2. The van der Waals surface area contributed by atoms with Crippen LogP contribution in [0.25, 0.3) is 0 Å². The van der Waals surface area contributed by atoms with Gasteiger partial charge >= 0.3 is 0 Å². The SMILES string of the molecule is CCC(N)C(=O)NC1CCCCC1(C)C. The molecule has 15 heavy (non-hydrogen) atoms. The Kier molecular flexibility index (Phi) is 4.14. The predicted molar refractivity (Wildman–Crippen MR) is 62.4 cm³/mol. The summed E-state index contributed by atoms with van der Waals surface area (Å²) >= 11 is 0. The monoisotopic (exact) mass is 212 g/mol. The molecule has 3 heteroatoms. The van der Waals surface area contributed by atoms with Crippen LogP contribution in [0.3, 0.4) is 0 Å². The molecular weight excluding hydrogens is 188 g/mol. The lowest BCUT2D eigenvalue weighted by Gasteiger charge is -2.39. The predicted octanol–water partition coefficient (Wildman–Crippen LogP) is 1.81. The van der Waals surface area contributed by atoms with Crippen LogP contribution >= 0.6 is 0 Å². The summed E-state index contributed by atoms with van der Waals surface area (Å²) in [5, 5.41) is 3.10. The second-order valence-corrected chi connectivity index (χ2v) is 5.31. The van der Waals surface area contributed by atoms with Crippen molar-refractivity contribution in [2.45, 2.75) is 65.0 Å². The second-order valence-electron chi connectivity index (χ2n) is 5.31. The van der Waals surface area contributed by atoms with Gasteiger partial charge in [0.05, 0.1) is 6.04 Å². The Bertz CT molecular complexity index is 226. The minimum absolute atomic E-state index is 0.0116. The van der Waals surface area contributed by atoms with Crippen LogP contribution < -0.4 is 11.1 Å². The molecule has 1 aliphatic rings. The zero-order valence-electron chi connectivity index (χ0n) is 10.2. The number of hydrogen-bond donors (Lipinski definition) is 2. The maximum absolute atomic E-state index is 11.7. The molecule has 1 saturated carbocycles. The maximum atomic E-state index is 11.7. The normalized spacial score (nSPS) is 27.1. The van der Waals surface area contributed by atoms with E-state index in [-0.39, 0.29) is 17.4 Å². The largest absolute Gasteiger partial charge is 0.351 e. The molecule has 1 fully saturated rings. The Labute approximate surface area is 92.8 Å². The van der Waals surface area contributed by atoms with Crippen molar-refractivity contribution in [2.75, 3.05) is 0 Å². The van der Waals surface area contributed by atoms with Gasteiger partial charge in [-0.2, -0.15) is 0 Å². The average Bonchev–Trinajstić information content (AvgIpc) is 2.19. The first-order valence-electron chi connectivity index (χ1n) is 6.03. The van der Waals surface area contributed by atoms with Crippen molar-refractivity contribution < 1.29 is 4.79 Å². The van der Waals surface area contributed by atoms with Gasteiger partial charge in [0.15, 0.2) is 0 Å². The lowest BCUT2D eigenvalue weighted by atomic mass is 9.73.